The fraction of sp³-hybridized carbons (Fsp3) is 0.211. The van der Waals surface area contributed by atoms with Crippen molar-refractivity contribution in [3.8, 4) is 17.2 Å². The second-order valence-electron chi connectivity index (χ2n) is 5.18. The van der Waals surface area contributed by atoms with Gasteiger partial charge < -0.3 is 14.2 Å². The molecule has 0 N–H and O–H groups in total. The van der Waals surface area contributed by atoms with E-state index in [0.29, 0.717) is 17.2 Å². The zero-order chi connectivity index (χ0) is 19.0. The molecule has 0 aliphatic carbocycles. The average Bonchev–Trinajstić information content (AvgIpc) is 2.62. The average molecular weight is 366 g/mol. The van der Waals surface area contributed by atoms with Gasteiger partial charge in [0.15, 0.2) is 0 Å². The van der Waals surface area contributed by atoms with Crippen LogP contribution in [-0.2, 0) is 9.53 Å². The molecule has 0 spiro atoms. The van der Waals surface area contributed by atoms with Crippen molar-refractivity contribution in [1.29, 1.82) is 0 Å². The lowest BCUT2D eigenvalue weighted by molar-refractivity contribution is -0.143. The number of para-hydroxylation sites is 1. The zero-order valence-corrected chi connectivity index (χ0v) is 14.0. The number of halogens is 3. The summed E-state index contributed by atoms with van der Waals surface area (Å²) in [5, 5.41) is 0. The zero-order valence-electron chi connectivity index (χ0n) is 14.0. The summed E-state index contributed by atoms with van der Waals surface area (Å²) in [5.74, 6) is 0.653. The number of carbonyl (C=O) groups excluding carboxylic acids is 1. The van der Waals surface area contributed by atoms with Gasteiger partial charge in [0.05, 0.1) is 13.5 Å². The summed E-state index contributed by atoms with van der Waals surface area (Å²) in [6.07, 6.45) is -4.65. The standard InChI is InChI=1S/C19H17F3O4/c1-24-18(23)13-14(19(20,21)22)11-12-25-15-7-9-17(10-8-15)26-16-5-3-2-4-6-16/h2-11H,12-13H2,1H3. The van der Waals surface area contributed by atoms with Gasteiger partial charge in [-0.05, 0) is 42.5 Å². The van der Waals surface area contributed by atoms with E-state index in [1.807, 2.05) is 18.2 Å². The van der Waals surface area contributed by atoms with E-state index in [0.717, 1.165) is 13.2 Å². The van der Waals surface area contributed by atoms with E-state index in [2.05, 4.69) is 4.74 Å². The van der Waals surface area contributed by atoms with Crippen LogP contribution in [0.25, 0.3) is 0 Å². The van der Waals surface area contributed by atoms with Crippen molar-refractivity contribution in [2.75, 3.05) is 13.7 Å². The Labute approximate surface area is 148 Å². The maximum absolute atomic E-state index is 12.9. The van der Waals surface area contributed by atoms with Gasteiger partial charge in [-0.25, -0.2) is 0 Å². The van der Waals surface area contributed by atoms with Gasteiger partial charge in [-0.3, -0.25) is 4.79 Å². The summed E-state index contributed by atoms with van der Waals surface area (Å²) < 4.78 is 53.7. The molecule has 0 bridgehead atoms. The molecule has 0 saturated heterocycles. The summed E-state index contributed by atoms with van der Waals surface area (Å²) in [4.78, 5) is 11.1. The lowest BCUT2D eigenvalue weighted by atomic mass is 10.1. The number of hydrogen-bond donors (Lipinski definition) is 0. The molecule has 0 amide bonds. The fourth-order valence-corrected chi connectivity index (χ4v) is 1.98. The summed E-state index contributed by atoms with van der Waals surface area (Å²) in [7, 11) is 1.03. The smallest absolute Gasteiger partial charge is 0.413 e. The van der Waals surface area contributed by atoms with Crippen LogP contribution in [0.2, 0.25) is 0 Å². The topological polar surface area (TPSA) is 44.8 Å². The highest BCUT2D eigenvalue weighted by Gasteiger charge is 2.34. The van der Waals surface area contributed by atoms with Crippen LogP contribution >= 0.6 is 0 Å². The van der Waals surface area contributed by atoms with Crippen molar-refractivity contribution in [3.05, 3.63) is 66.2 Å². The molecular formula is C19H17F3O4. The Kier molecular flexibility index (Phi) is 6.66. The molecule has 0 saturated carbocycles. The first-order valence-electron chi connectivity index (χ1n) is 7.67. The maximum atomic E-state index is 12.9. The van der Waals surface area contributed by atoms with E-state index < -0.39 is 24.1 Å². The van der Waals surface area contributed by atoms with Crippen LogP contribution in [-0.4, -0.2) is 25.9 Å². The third-order valence-corrected chi connectivity index (χ3v) is 3.31. The van der Waals surface area contributed by atoms with Crippen molar-refractivity contribution in [3.63, 3.8) is 0 Å². The molecule has 0 atom stereocenters. The number of esters is 1. The molecule has 0 aliphatic rings. The van der Waals surface area contributed by atoms with Gasteiger partial charge in [-0.2, -0.15) is 13.2 Å². The molecule has 0 heterocycles. The second kappa shape index (κ2) is 8.94. The first kappa shape index (κ1) is 19.4. The molecule has 0 fully saturated rings. The highest BCUT2D eigenvalue weighted by molar-refractivity contribution is 5.72. The van der Waals surface area contributed by atoms with E-state index in [1.165, 1.54) is 0 Å². The SMILES string of the molecule is COC(=O)CC(=CCOc1ccc(Oc2ccccc2)cc1)C(F)(F)F. The fourth-order valence-electron chi connectivity index (χ4n) is 1.98. The van der Waals surface area contributed by atoms with Crippen molar-refractivity contribution in [2.45, 2.75) is 12.6 Å². The monoisotopic (exact) mass is 366 g/mol. The van der Waals surface area contributed by atoms with Crippen molar-refractivity contribution < 1.29 is 32.2 Å². The molecule has 26 heavy (non-hydrogen) atoms. The molecule has 2 aromatic rings. The lowest BCUT2D eigenvalue weighted by Crippen LogP contribution is -2.17. The van der Waals surface area contributed by atoms with E-state index in [1.54, 1.807) is 36.4 Å². The Balaban J connectivity index is 1.94. The van der Waals surface area contributed by atoms with Crippen LogP contribution in [0, 0.1) is 0 Å². The minimum Gasteiger partial charge on any atom is -0.490 e. The van der Waals surface area contributed by atoms with E-state index in [-0.39, 0.29) is 6.61 Å². The molecule has 7 heteroatoms. The Morgan fingerprint density at radius 2 is 1.54 bits per heavy atom. The van der Waals surface area contributed by atoms with Gasteiger partial charge in [0.1, 0.15) is 23.9 Å². The largest absolute Gasteiger partial charge is 0.490 e. The van der Waals surface area contributed by atoms with Crippen LogP contribution in [0.4, 0.5) is 13.2 Å². The molecule has 4 nitrogen and oxygen atoms in total. The summed E-state index contributed by atoms with van der Waals surface area (Å²) in [6, 6.07) is 15.6. The van der Waals surface area contributed by atoms with Gasteiger partial charge in [0, 0.05) is 5.57 Å². The molecule has 0 radical (unpaired) electrons. The number of carbonyl (C=O) groups is 1. The van der Waals surface area contributed by atoms with Gasteiger partial charge >= 0.3 is 12.1 Å². The quantitative estimate of drug-likeness (QED) is 0.516. The number of methoxy groups -OCH3 is 1. The minimum atomic E-state index is -4.62. The number of benzene rings is 2. The number of hydrogen-bond acceptors (Lipinski definition) is 4. The number of ether oxygens (including phenoxy) is 3. The molecule has 0 unspecified atom stereocenters. The highest BCUT2D eigenvalue weighted by Crippen LogP contribution is 2.28. The molecular weight excluding hydrogens is 349 g/mol. The third kappa shape index (κ3) is 6.16. The van der Waals surface area contributed by atoms with E-state index >= 15 is 0 Å². The molecule has 2 rings (SSSR count). The Bertz CT molecular complexity index is 738. The molecule has 2 aromatic carbocycles. The first-order valence-corrected chi connectivity index (χ1v) is 7.67. The summed E-state index contributed by atoms with van der Waals surface area (Å²) in [6.45, 7) is -0.329. The number of rotatable bonds is 7. The molecule has 0 aliphatic heterocycles. The van der Waals surface area contributed by atoms with Gasteiger partial charge in [-0.15, -0.1) is 0 Å². The normalized spacial score (nSPS) is 11.8. The van der Waals surface area contributed by atoms with Crippen molar-refractivity contribution in [2.24, 2.45) is 0 Å². The van der Waals surface area contributed by atoms with Gasteiger partial charge in [-0.1, -0.05) is 18.2 Å². The predicted octanol–water partition coefficient (Wildman–Crippen LogP) is 4.91. The third-order valence-electron chi connectivity index (χ3n) is 3.31. The van der Waals surface area contributed by atoms with Crippen molar-refractivity contribution >= 4 is 5.97 Å². The van der Waals surface area contributed by atoms with Crippen LogP contribution in [0.1, 0.15) is 6.42 Å². The van der Waals surface area contributed by atoms with Crippen LogP contribution in [0.15, 0.2) is 66.2 Å². The first-order chi connectivity index (χ1) is 12.4. The highest BCUT2D eigenvalue weighted by atomic mass is 19.4. The maximum Gasteiger partial charge on any atom is 0.413 e. The van der Waals surface area contributed by atoms with Crippen LogP contribution < -0.4 is 9.47 Å². The number of alkyl halides is 3. The second-order valence-corrected chi connectivity index (χ2v) is 5.18. The van der Waals surface area contributed by atoms with Crippen LogP contribution in [0.5, 0.6) is 17.2 Å². The molecule has 0 aromatic heterocycles. The van der Waals surface area contributed by atoms with E-state index in [9.17, 15) is 18.0 Å². The Hall–Kier alpha value is -2.96. The summed E-state index contributed by atoms with van der Waals surface area (Å²) in [5.41, 5.74) is -1.01. The summed E-state index contributed by atoms with van der Waals surface area (Å²) >= 11 is 0. The van der Waals surface area contributed by atoms with Gasteiger partial charge in [0.25, 0.3) is 0 Å². The van der Waals surface area contributed by atoms with E-state index in [4.69, 9.17) is 9.47 Å². The lowest BCUT2D eigenvalue weighted by Gasteiger charge is -2.11. The van der Waals surface area contributed by atoms with Crippen LogP contribution in [0.3, 0.4) is 0 Å². The van der Waals surface area contributed by atoms with Gasteiger partial charge in [0.2, 0.25) is 0 Å². The van der Waals surface area contributed by atoms with Crippen molar-refractivity contribution in [1.82, 2.24) is 0 Å². The Morgan fingerprint density at radius 1 is 0.962 bits per heavy atom. The minimum absolute atomic E-state index is 0.329. The predicted molar refractivity (Wildman–Crippen MR) is 89.2 cm³/mol. The molecule has 138 valence electrons. The Morgan fingerprint density at radius 3 is 2.12 bits per heavy atom.